The largest absolute Gasteiger partial charge is 0.480 e. The summed E-state index contributed by atoms with van der Waals surface area (Å²) in [7, 11) is 0. The number of amides is 1. The Morgan fingerprint density at radius 3 is 2.89 bits per heavy atom. The molecular formula is C13H16N2O3. The summed E-state index contributed by atoms with van der Waals surface area (Å²) in [5, 5.41) is 9.07. The monoisotopic (exact) mass is 248 g/mol. The summed E-state index contributed by atoms with van der Waals surface area (Å²) >= 11 is 0. The summed E-state index contributed by atoms with van der Waals surface area (Å²) in [6, 6.07) is 6.33. The third kappa shape index (κ3) is 2.36. The molecule has 1 saturated heterocycles. The second kappa shape index (κ2) is 5.18. The van der Waals surface area contributed by atoms with Crippen molar-refractivity contribution in [2.24, 2.45) is 5.73 Å². The van der Waals surface area contributed by atoms with Gasteiger partial charge in [-0.3, -0.25) is 4.79 Å². The first-order valence-corrected chi connectivity index (χ1v) is 5.96. The SMILES string of the molecule is NCc1cccc(C(=O)N2CCCC2C(=O)O)c1. The van der Waals surface area contributed by atoms with Crippen molar-refractivity contribution in [3.8, 4) is 0 Å². The molecule has 96 valence electrons. The summed E-state index contributed by atoms with van der Waals surface area (Å²) in [4.78, 5) is 24.7. The van der Waals surface area contributed by atoms with E-state index >= 15 is 0 Å². The van der Waals surface area contributed by atoms with E-state index in [4.69, 9.17) is 10.8 Å². The number of carbonyl (C=O) groups excluding carboxylic acids is 1. The van der Waals surface area contributed by atoms with E-state index in [-0.39, 0.29) is 5.91 Å². The molecule has 0 aliphatic carbocycles. The van der Waals surface area contributed by atoms with Crippen LogP contribution in [0.1, 0.15) is 28.8 Å². The van der Waals surface area contributed by atoms with Gasteiger partial charge in [0.15, 0.2) is 0 Å². The second-order valence-electron chi connectivity index (χ2n) is 4.40. The molecule has 1 unspecified atom stereocenters. The maximum absolute atomic E-state index is 12.3. The zero-order valence-electron chi connectivity index (χ0n) is 10.0. The van der Waals surface area contributed by atoms with E-state index in [0.29, 0.717) is 25.1 Å². The summed E-state index contributed by atoms with van der Waals surface area (Å²) in [6.07, 6.45) is 1.26. The Hall–Kier alpha value is -1.88. The molecule has 18 heavy (non-hydrogen) atoms. The van der Waals surface area contributed by atoms with Crippen molar-refractivity contribution in [3.05, 3.63) is 35.4 Å². The van der Waals surface area contributed by atoms with Crippen LogP contribution in [-0.4, -0.2) is 34.5 Å². The fourth-order valence-corrected chi connectivity index (χ4v) is 2.26. The van der Waals surface area contributed by atoms with Crippen molar-refractivity contribution < 1.29 is 14.7 Å². The molecular weight excluding hydrogens is 232 g/mol. The summed E-state index contributed by atoms with van der Waals surface area (Å²) in [5.74, 6) is -1.16. The quantitative estimate of drug-likeness (QED) is 0.830. The van der Waals surface area contributed by atoms with Crippen molar-refractivity contribution in [1.29, 1.82) is 0 Å². The first-order valence-electron chi connectivity index (χ1n) is 5.96. The lowest BCUT2D eigenvalue weighted by atomic mass is 10.1. The highest BCUT2D eigenvalue weighted by Crippen LogP contribution is 2.20. The minimum atomic E-state index is -0.934. The van der Waals surface area contributed by atoms with Crippen LogP contribution in [0.5, 0.6) is 0 Å². The van der Waals surface area contributed by atoms with E-state index in [1.807, 2.05) is 6.07 Å². The average Bonchev–Trinajstić information content (AvgIpc) is 2.87. The van der Waals surface area contributed by atoms with Crippen LogP contribution in [0.4, 0.5) is 0 Å². The lowest BCUT2D eigenvalue weighted by Gasteiger charge is -2.21. The predicted octanol–water partition coefficient (Wildman–Crippen LogP) is 0.834. The Kier molecular flexibility index (Phi) is 3.62. The lowest BCUT2D eigenvalue weighted by Crippen LogP contribution is -2.40. The van der Waals surface area contributed by atoms with Gasteiger partial charge in [0.25, 0.3) is 5.91 Å². The van der Waals surface area contributed by atoms with Crippen molar-refractivity contribution in [3.63, 3.8) is 0 Å². The van der Waals surface area contributed by atoms with Crippen molar-refractivity contribution in [2.75, 3.05) is 6.54 Å². The van der Waals surface area contributed by atoms with Gasteiger partial charge in [0, 0.05) is 18.7 Å². The maximum atomic E-state index is 12.3. The molecule has 1 aliphatic rings. The van der Waals surface area contributed by atoms with Gasteiger partial charge in [0.1, 0.15) is 6.04 Å². The fourth-order valence-electron chi connectivity index (χ4n) is 2.26. The zero-order chi connectivity index (χ0) is 13.1. The standard InChI is InChI=1S/C13H16N2O3/c14-8-9-3-1-4-10(7-9)12(16)15-6-2-5-11(15)13(17)18/h1,3-4,7,11H,2,5-6,8,14H2,(H,17,18). The van der Waals surface area contributed by atoms with Crippen molar-refractivity contribution in [2.45, 2.75) is 25.4 Å². The highest BCUT2D eigenvalue weighted by molar-refractivity contribution is 5.97. The van der Waals surface area contributed by atoms with Gasteiger partial charge in [-0.25, -0.2) is 4.79 Å². The van der Waals surface area contributed by atoms with E-state index < -0.39 is 12.0 Å². The summed E-state index contributed by atoms with van der Waals surface area (Å²) in [5.41, 5.74) is 6.90. The van der Waals surface area contributed by atoms with Crippen molar-refractivity contribution >= 4 is 11.9 Å². The highest BCUT2D eigenvalue weighted by atomic mass is 16.4. The van der Waals surface area contributed by atoms with Crippen LogP contribution in [0, 0.1) is 0 Å². The van der Waals surface area contributed by atoms with Gasteiger partial charge in [-0.2, -0.15) is 0 Å². The number of likely N-dealkylation sites (tertiary alicyclic amines) is 1. The predicted molar refractivity (Wildman–Crippen MR) is 66.0 cm³/mol. The topological polar surface area (TPSA) is 83.6 Å². The molecule has 0 spiro atoms. The molecule has 1 aliphatic heterocycles. The number of nitrogens with two attached hydrogens (primary N) is 1. The first kappa shape index (κ1) is 12.6. The number of hydrogen-bond donors (Lipinski definition) is 2. The molecule has 1 amide bonds. The second-order valence-corrected chi connectivity index (χ2v) is 4.40. The van der Waals surface area contributed by atoms with Crippen LogP contribution >= 0.6 is 0 Å². The molecule has 1 fully saturated rings. The normalized spacial score (nSPS) is 18.9. The number of aliphatic carboxylic acids is 1. The number of benzene rings is 1. The minimum absolute atomic E-state index is 0.227. The van der Waals surface area contributed by atoms with Gasteiger partial charge in [-0.15, -0.1) is 0 Å². The van der Waals surface area contributed by atoms with Crippen LogP contribution in [0.2, 0.25) is 0 Å². The van der Waals surface area contributed by atoms with Crippen LogP contribution < -0.4 is 5.73 Å². The summed E-state index contributed by atoms with van der Waals surface area (Å²) in [6.45, 7) is 0.867. The summed E-state index contributed by atoms with van der Waals surface area (Å²) < 4.78 is 0. The molecule has 1 heterocycles. The van der Waals surface area contributed by atoms with Crippen LogP contribution in [-0.2, 0) is 11.3 Å². The number of carboxylic acid groups (broad SMARTS) is 1. The molecule has 1 aromatic carbocycles. The van der Waals surface area contributed by atoms with E-state index in [9.17, 15) is 9.59 Å². The molecule has 1 aromatic rings. The van der Waals surface area contributed by atoms with E-state index in [1.165, 1.54) is 4.90 Å². The molecule has 5 heteroatoms. The molecule has 0 saturated carbocycles. The van der Waals surface area contributed by atoms with Crippen LogP contribution in [0.15, 0.2) is 24.3 Å². The van der Waals surface area contributed by atoms with E-state index in [1.54, 1.807) is 18.2 Å². The third-order valence-corrected chi connectivity index (χ3v) is 3.21. The van der Waals surface area contributed by atoms with Gasteiger partial charge in [-0.1, -0.05) is 12.1 Å². The first-order chi connectivity index (χ1) is 8.63. The van der Waals surface area contributed by atoms with Gasteiger partial charge >= 0.3 is 5.97 Å². The third-order valence-electron chi connectivity index (χ3n) is 3.21. The lowest BCUT2D eigenvalue weighted by molar-refractivity contribution is -0.141. The number of carbonyl (C=O) groups is 2. The fraction of sp³-hybridized carbons (Fsp3) is 0.385. The van der Waals surface area contributed by atoms with Gasteiger partial charge in [0.05, 0.1) is 0 Å². The van der Waals surface area contributed by atoms with Crippen LogP contribution in [0.25, 0.3) is 0 Å². The van der Waals surface area contributed by atoms with Crippen molar-refractivity contribution in [1.82, 2.24) is 4.90 Å². The van der Waals surface area contributed by atoms with Gasteiger partial charge in [0.2, 0.25) is 0 Å². The molecule has 0 aromatic heterocycles. The van der Waals surface area contributed by atoms with Crippen LogP contribution in [0.3, 0.4) is 0 Å². The minimum Gasteiger partial charge on any atom is -0.480 e. The smallest absolute Gasteiger partial charge is 0.326 e. The maximum Gasteiger partial charge on any atom is 0.326 e. The Labute approximate surface area is 105 Å². The van der Waals surface area contributed by atoms with Gasteiger partial charge < -0.3 is 15.7 Å². The number of carboxylic acids is 1. The molecule has 1 atom stereocenters. The Balaban J connectivity index is 2.22. The van der Waals surface area contributed by atoms with E-state index in [0.717, 1.165) is 12.0 Å². The van der Waals surface area contributed by atoms with E-state index in [2.05, 4.69) is 0 Å². The average molecular weight is 248 g/mol. The molecule has 3 N–H and O–H groups in total. The Bertz CT molecular complexity index is 473. The molecule has 0 radical (unpaired) electrons. The molecule has 0 bridgehead atoms. The van der Waals surface area contributed by atoms with Gasteiger partial charge in [-0.05, 0) is 30.5 Å². The Morgan fingerprint density at radius 1 is 1.44 bits per heavy atom. The number of rotatable bonds is 3. The molecule has 5 nitrogen and oxygen atoms in total. The highest BCUT2D eigenvalue weighted by Gasteiger charge is 2.34. The number of hydrogen-bond acceptors (Lipinski definition) is 3. The zero-order valence-corrected chi connectivity index (χ0v) is 10.0. The number of nitrogens with zero attached hydrogens (tertiary/aromatic N) is 1. The molecule has 2 rings (SSSR count). The Morgan fingerprint density at radius 2 is 2.22 bits per heavy atom.